The Hall–Kier alpha value is -5.86. The molecule has 0 saturated heterocycles. The number of aromatic nitrogens is 2. The van der Waals surface area contributed by atoms with Crippen molar-refractivity contribution in [3.63, 3.8) is 0 Å². The van der Waals surface area contributed by atoms with E-state index in [0.29, 0.717) is 0 Å². The van der Waals surface area contributed by atoms with Crippen LogP contribution >= 0.6 is 0 Å². The van der Waals surface area contributed by atoms with Crippen LogP contribution in [0.2, 0.25) is 0 Å². The van der Waals surface area contributed by atoms with E-state index in [1.54, 1.807) is 0 Å². The van der Waals surface area contributed by atoms with Crippen LogP contribution in [0, 0.1) is 0 Å². The van der Waals surface area contributed by atoms with Crippen LogP contribution in [-0.2, 0) is 0 Å². The molecule has 0 saturated carbocycles. The Morgan fingerprint density at radius 3 is 1.23 bits per heavy atom. The van der Waals surface area contributed by atoms with Gasteiger partial charge in [0.2, 0.25) is 0 Å². The van der Waals surface area contributed by atoms with Gasteiger partial charge in [0.15, 0.2) is 0 Å². The first kappa shape index (κ1) is 24.7. The van der Waals surface area contributed by atoms with Crippen molar-refractivity contribution < 1.29 is 0 Å². The molecular weight excluding hydrogens is 532 g/mol. The van der Waals surface area contributed by atoms with Gasteiger partial charge < -0.3 is 9.13 Å². The minimum atomic E-state index is 1.16. The molecule has 0 unspecified atom stereocenters. The molecule has 0 radical (unpaired) electrons. The van der Waals surface area contributed by atoms with Crippen LogP contribution < -0.4 is 0 Å². The summed E-state index contributed by atoms with van der Waals surface area (Å²) in [5.41, 5.74) is 12.1. The lowest BCUT2D eigenvalue weighted by Gasteiger charge is -2.12. The lowest BCUT2D eigenvalue weighted by molar-refractivity contribution is 1.17. The molecule has 0 N–H and O–H groups in total. The fourth-order valence-electron chi connectivity index (χ4n) is 7.05. The molecule has 2 aromatic heterocycles. The lowest BCUT2D eigenvalue weighted by atomic mass is 9.94. The molecular formula is C42H28N2. The smallest absolute Gasteiger partial charge is 0.0548 e. The van der Waals surface area contributed by atoms with Crippen molar-refractivity contribution >= 4 is 43.6 Å². The summed E-state index contributed by atoms with van der Waals surface area (Å²) >= 11 is 0. The summed E-state index contributed by atoms with van der Waals surface area (Å²) in [5.74, 6) is 0. The van der Waals surface area contributed by atoms with E-state index in [1.165, 1.54) is 71.6 Å². The summed E-state index contributed by atoms with van der Waals surface area (Å²) < 4.78 is 4.82. The van der Waals surface area contributed by atoms with Crippen molar-refractivity contribution in [2.24, 2.45) is 0 Å². The van der Waals surface area contributed by atoms with Gasteiger partial charge >= 0.3 is 0 Å². The van der Waals surface area contributed by atoms with Crippen molar-refractivity contribution in [2.75, 3.05) is 0 Å². The standard InChI is InChI=1S/C42H28N2/c1-3-13-29(14-4-1)33-17-7-8-18-34(33)30-23-25-32(26-24-30)44-38-22-12-10-20-36(38)42-40(44)28-27-39-41(42)35-19-9-11-21-37(35)43(39)31-15-5-2-6-16-31/h1-28H. The molecule has 0 aliphatic carbocycles. The Bertz CT molecular complexity index is 2460. The Morgan fingerprint density at radius 1 is 0.273 bits per heavy atom. The van der Waals surface area contributed by atoms with E-state index in [4.69, 9.17) is 0 Å². The Balaban J connectivity index is 1.28. The molecule has 0 bridgehead atoms. The highest BCUT2D eigenvalue weighted by molar-refractivity contribution is 6.28. The molecule has 0 amide bonds. The first-order valence-electron chi connectivity index (χ1n) is 15.1. The number of hydrogen-bond acceptors (Lipinski definition) is 0. The number of fused-ring (bicyclic) bond motifs is 7. The summed E-state index contributed by atoms with van der Waals surface area (Å²) in [4.78, 5) is 0. The second kappa shape index (κ2) is 9.86. The fourth-order valence-corrected chi connectivity index (χ4v) is 7.05. The molecule has 2 heteroatoms. The molecule has 0 spiro atoms. The number of para-hydroxylation sites is 3. The zero-order valence-electron chi connectivity index (χ0n) is 24.1. The number of nitrogens with zero attached hydrogens (tertiary/aromatic N) is 2. The average Bonchev–Trinajstić information content (AvgIpc) is 3.62. The van der Waals surface area contributed by atoms with Crippen molar-refractivity contribution in [3.05, 3.63) is 170 Å². The van der Waals surface area contributed by atoms with E-state index in [9.17, 15) is 0 Å². The first-order valence-corrected chi connectivity index (χ1v) is 15.1. The maximum Gasteiger partial charge on any atom is 0.0548 e. The minimum absolute atomic E-state index is 1.16. The van der Waals surface area contributed by atoms with E-state index >= 15 is 0 Å². The molecule has 0 fully saturated rings. The molecule has 0 atom stereocenters. The van der Waals surface area contributed by atoms with Gasteiger partial charge in [0.05, 0.1) is 22.1 Å². The maximum atomic E-state index is 2.42. The normalized spacial score (nSPS) is 11.6. The number of benzene rings is 7. The molecule has 7 aromatic carbocycles. The van der Waals surface area contributed by atoms with Crippen LogP contribution in [-0.4, -0.2) is 9.13 Å². The van der Waals surface area contributed by atoms with Gasteiger partial charge in [-0.1, -0.05) is 121 Å². The summed E-state index contributed by atoms with van der Waals surface area (Å²) in [6.07, 6.45) is 0. The third-order valence-electron chi connectivity index (χ3n) is 8.93. The Morgan fingerprint density at radius 2 is 0.682 bits per heavy atom. The summed E-state index contributed by atoms with van der Waals surface area (Å²) in [6, 6.07) is 61.3. The van der Waals surface area contributed by atoms with Crippen LogP contribution in [0.15, 0.2) is 170 Å². The van der Waals surface area contributed by atoms with E-state index in [2.05, 4.69) is 179 Å². The molecule has 9 aromatic rings. The monoisotopic (exact) mass is 560 g/mol. The quantitative estimate of drug-likeness (QED) is 0.203. The van der Waals surface area contributed by atoms with Crippen molar-refractivity contribution in [2.45, 2.75) is 0 Å². The molecule has 44 heavy (non-hydrogen) atoms. The highest BCUT2D eigenvalue weighted by atomic mass is 15.0. The van der Waals surface area contributed by atoms with E-state index in [0.717, 1.165) is 5.69 Å². The highest BCUT2D eigenvalue weighted by Gasteiger charge is 2.20. The average molecular weight is 561 g/mol. The zero-order valence-corrected chi connectivity index (χ0v) is 24.1. The summed E-state index contributed by atoms with van der Waals surface area (Å²) in [5, 5.41) is 5.13. The molecule has 0 aliphatic heterocycles. The van der Waals surface area contributed by atoms with Gasteiger partial charge in [-0.3, -0.25) is 0 Å². The third-order valence-corrected chi connectivity index (χ3v) is 8.93. The molecule has 0 aliphatic rings. The van der Waals surface area contributed by atoms with Gasteiger partial charge in [-0.15, -0.1) is 0 Å². The van der Waals surface area contributed by atoms with Crippen LogP contribution in [0.1, 0.15) is 0 Å². The van der Waals surface area contributed by atoms with Gasteiger partial charge in [0, 0.05) is 32.9 Å². The van der Waals surface area contributed by atoms with Gasteiger partial charge in [-0.05, 0) is 70.8 Å². The Kier molecular flexibility index (Phi) is 5.54. The SMILES string of the molecule is c1ccc(-c2ccccc2-c2ccc(-n3c4ccccc4c4c5c6ccccc6n(-c6ccccc6)c5ccc43)cc2)cc1. The van der Waals surface area contributed by atoms with Gasteiger partial charge in [0.25, 0.3) is 0 Å². The van der Waals surface area contributed by atoms with Crippen molar-refractivity contribution in [1.82, 2.24) is 9.13 Å². The zero-order chi connectivity index (χ0) is 29.0. The van der Waals surface area contributed by atoms with E-state index < -0.39 is 0 Å². The second-order valence-corrected chi connectivity index (χ2v) is 11.4. The fraction of sp³-hybridized carbons (Fsp3) is 0. The highest BCUT2D eigenvalue weighted by Crippen LogP contribution is 2.42. The van der Waals surface area contributed by atoms with Gasteiger partial charge in [0.1, 0.15) is 0 Å². The lowest BCUT2D eigenvalue weighted by Crippen LogP contribution is -1.95. The Labute approximate surface area is 255 Å². The molecule has 9 rings (SSSR count). The minimum Gasteiger partial charge on any atom is -0.309 e. The third kappa shape index (κ3) is 3.68. The van der Waals surface area contributed by atoms with Gasteiger partial charge in [-0.25, -0.2) is 0 Å². The number of rotatable bonds is 4. The van der Waals surface area contributed by atoms with E-state index in [1.807, 2.05) is 0 Å². The molecule has 206 valence electrons. The molecule has 2 nitrogen and oxygen atoms in total. The summed E-state index contributed by atoms with van der Waals surface area (Å²) in [7, 11) is 0. The maximum absolute atomic E-state index is 2.42. The largest absolute Gasteiger partial charge is 0.309 e. The van der Waals surface area contributed by atoms with Gasteiger partial charge in [-0.2, -0.15) is 0 Å². The van der Waals surface area contributed by atoms with Crippen molar-refractivity contribution in [1.29, 1.82) is 0 Å². The topological polar surface area (TPSA) is 9.86 Å². The predicted octanol–water partition coefficient (Wildman–Crippen LogP) is 11.2. The predicted molar refractivity (Wildman–Crippen MR) is 186 cm³/mol. The van der Waals surface area contributed by atoms with Crippen molar-refractivity contribution in [3.8, 4) is 33.6 Å². The second-order valence-electron chi connectivity index (χ2n) is 11.4. The van der Waals surface area contributed by atoms with Crippen LogP contribution in [0.3, 0.4) is 0 Å². The van der Waals surface area contributed by atoms with Crippen LogP contribution in [0.5, 0.6) is 0 Å². The number of hydrogen-bond donors (Lipinski definition) is 0. The first-order chi connectivity index (χ1) is 21.9. The summed E-state index contributed by atoms with van der Waals surface area (Å²) in [6.45, 7) is 0. The molecule has 2 heterocycles. The van der Waals surface area contributed by atoms with E-state index in [-0.39, 0.29) is 0 Å². The van der Waals surface area contributed by atoms with Crippen LogP contribution in [0.4, 0.5) is 0 Å². The van der Waals surface area contributed by atoms with Crippen LogP contribution in [0.25, 0.3) is 77.2 Å².